The number of ether oxygens (including phenoxy) is 4. The highest BCUT2D eigenvalue weighted by Crippen LogP contribution is 2.10. The topological polar surface area (TPSA) is 88.1 Å². The molecule has 1 unspecified atom stereocenters. The third-order valence-corrected chi connectivity index (χ3v) is 2.42. The van der Waals surface area contributed by atoms with Crippen LogP contribution in [0, 0.1) is 0 Å². The maximum absolute atomic E-state index is 11.4. The summed E-state index contributed by atoms with van der Waals surface area (Å²) in [5.41, 5.74) is 0.317. The largest absolute Gasteiger partial charge is 0.463 e. The normalized spacial score (nSPS) is 17.4. The van der Waals surface area contributed by atoms with Gasteiger partial charge in [-0.05, 0) is 6.92 Å². The molecule has 1 atom stereocenters. The summed E-state index contributed by atoms with van der Waals surface area (Å²) in [6.07, 6.45) is -0.375. The Morgan fingerprint density at radius 2 is 2.10 bits per heavy atom. The van der Waals surface area contributed by atoms with E-state index in [1.165, 1.54) is 0 Å². The van der Waals surface area contributed by atoms with Gasteiger partial charge in [0.2, 0.25) is 6.10 Å². The van der Waals surface area contributed by atoms with Crippen LogP contribution in [-0.2, 0) is 33.3 Å². The molecule has 112 valence electrons. The molecule has 0 aromatic heterocycles. The quantitative estimate of drug-likeness (QED) is 0.276. The van der Waals surface area contributed by atoms with E-state index >= 15 is 0 Å². The van der Waals surface area contributed by atoms with Crippen molar-refractivity contribution in [1.29, 1.82) is 0 Å². The van der Waals surface area contributed by atoms with Crippen LogP contribution in [0.25, 0.3) is 0 Å². The molecule has 0 saturated carbocycles. The molecule has 1 aliphatic heterocycles. The van der Waals surface area contributed by atoms with Gasteiger partial charge in [-0.15, -0.1) is 0 Å². The van der Waals surface area contributed by atoms with Crippen LogP contribution in [0.5, 0.6) is 0 Å². The Hall–Kier alpha value is -1.89. The van der Waals surface area contributed by atoms with Crippen LogP contribution in [0.2, 0.25) is 0 Å². The molecule has 0 spiro atoms. The van der Waals surface area contributed by atoms with Crippen molar-refractivity contribution >= 4 is 17.9 Å². The van der Waals surface area contributed by atoms with Crippen LogP contribution in [0.4, 0.5) is 0 Å². The zero-order valence-corrected chi connectivity index (χ0v) is 11.4. The summed E-state index contributed by atoms with van der Waals surface area (Å²) in [6, 6.07) is 0. The smallest absolute Gasteiger partial charge is 0.347 e. The summed E-state index contributed by atoms with van der Waals surface area (Å²) in [4.78, 5) is 33.4. The molecule has 0 aromatic carbocycles. The van der Waals surface area contributed by atoms with Gasteiger partial charge in [-0.25, -0.2) is 9.59 Å². The van der Waals surface area contributed by atoms with Gasteiger partial charge in [0.25, 0.3) is 0 Å². The van der Waals surface area contributed by atoms with E-state index in [1.807, 2.05) is 0 Å². The van der Waals surface area contributed by atoms with Crippen molar-refractivity contribution in [3.05, 3.63) is 12.2 Å². The monoisotopic (exact) mass is 286 g/mol. The average Bonchev–Trinajstić information content (AvgIpc) is 2.78. The maximum Gasteiger partial charge on any atom is 0.347 e. The van der Waals surface area contributed by atoms with E-state index in [0.29, 0.717) is 12.0 Å². The molecule has 1 fully saturated rings. The molecule has 0 aromatic rings. The number of carbonyl (C=O) groups excluding carboxylic acids is 3. The molecule has 1 saturated heterocycles. The lowest BCUT2D eigenvalue weighted by Crippen LogP contribution is -2.23. The predicted octanol–water partition coefficient (Wildman–Crippen LogP) is 0.371. The van der Waals surface area contributed by atoms with Crippen LogP contribution in [0.1, 0.15) is 19.8 Å². The van der Waals surface area contributed by atoms with E-state index in [1.54, 1.807) is 6.92 Å². The van der Waals surface area contributed by atoms with Gasteiger partial charge >= 0.3 is 17.9 Å². The number of esters is 3. The fraction of sp³-hybridized carbons (Fsp3) is 0.615. The Bertz CT molecular complexity index is 388. The molecule has 0 radical (unpaired) electrons. The molecule has 20 heavy (non-hydrogen) atoms. The standard InChI is InChI=1S/C13H18O7/c1-9(2)12(15)19-8-7-17-5-4-11(14)20-10-3-6-18-13(10)16/h10H,1,3-8H2,2H3. The van der Waals surface area contributed by atoms with Crippen molar-refractivity contribution in [1.82, 2.24) is 0 Å². The van der Waals surface area contributed by atoms with E-state index in [2.05, 4.69) is 11.3 Å². The number of hydrogen-bond donors (Lipinski definition) is 0. The van der Waals surface area contributed by atoms with Crippen LogP contribution in [0.3, 0.4) is 0 Å². The van der Waals surface area contributed by atoms with Gasteiger partial charge in [-0.1, -0.05) is 6.58 Å². The Morgan fingerprint density at radius 1 is 1.35 bits per heavy atom. The summed E-state index contributed by atoms with van der Waals surface area (Å²) in [5.74, 6) is -1.51. The van der Waals surface area contributed by atoms with Crippen LogP contribution < -0.4 is 0 Å². The van der Waals surface area contributed by atoms with Gasteiger partial charge in [0.15, 0.2) is 0 Å². The lowest BCUT2D eigenvalue weighted by Gasteiger charge is -2.08. The molecule has 0 N–H and O–H groups in total. The first-order chi connectivity index (χ1) is 9.50. The van der Waals surface area contributed by atoms with Crippen molar-refractivity contribution in [3.63, 3.8) is 0 Å². The maximum atomic E-state index is 11.4. The minimum absolute atomic E-state index is 0.0260. The Kier molecular flexibility index (Phi) is 6.72. The van der Waals surface area contributed by atoms with Crippen LogP contribution >= 0.6 is 0 Å². The number of hydrogen-bond acceptors (Lipinski definition) is 7. The van der Waals surface area contributed by atoms with E-state index in [0.717, 1.165) is 0 Å². The van der Waals surface area contributed by atoms with Crippen molar-refractivity contribution in [3.8, 4) is 0 Å². The fourth-order valence-corrected chi connectivity index (χ4v) is 1.38. The van der Waals surface area contributed by atoms with Crippen molar-refractivity contribution in [2.45, 2.75) is 25.9 Å². The first-order valence-corrected chi connectivity index (χ1v) is 6.27. The van der Waals surface area contributed by atoms with Gasteiger partial charge < -0.3 is 18.9 Å². The second kappa shape index (κ2) is 8.31. The minimum atomic E-state index is -0.793. The summed E-state index contributed by atoms with van der Waals surface area (Å²) in [7, 11) is 0. The number of cyclic esters (lactones) is 1. The van der Waals surface area contributed by atoms with Crippen LogP contribution in [0.15, 0.2) is 12.2 Å². The third kappa shape index (κ3) is 5.83. The lowest BCUT2D eigenvalue weighted by molar-refractivity contribution is -0.161. The van der Waals surface area contributed by atoms with E-state index in [4.69, 9.17) is 14.2 Å². The second-order valence-corrected chi connectivity index (χ2v) is 4.21. The van der Waals surface area contributed by atoms with Crippen LogP contribution in [-0.4, -0.2) is 50.4 Å². The molecule has 1 heterocycles. The third-order valence-electron chi connectivity index (χ3n) is 2.42. The first kappa shape index (κ1) is 16.2. The van der Waals surface area contributed by atoms with Gasteiger partial charge in [0.1, 0.15) is 6.61 Å². The Balaban J connectivity index is 2.01. The Labute approximate surface area is 116 Å². The number of carbonyl (C=O) groups is 3. The summed E-state index contributed by atoms with van der Waals surface area (Å²) >= 11 is 0. The highest BCUT2D eigenvalue weighted by molar-refractivity contribution is 5.86. The summed E-state index contributed by atoms with van der Waals surface area (Å²) < 4.78 is 19.5. The molecule has 0 aliphatic carbocycles. The zero-order valence-electron chi connectivity index (χ0n) is 11.4. The lowest BCUT2D eigenvalue weighted by atomic mass is 10.3. The Morgan fingerprint density at radius 3 is 2.70 bits per heavy atom. The van der Waals surface area contributed by atoms with Gasteiger partial charge in [0, 0.05) is 12.0 Å². The highest BCUT2D eigenvalue weighted by atomic mass is 16.6. The molecule has 7 nitrogen and oxygen atoms in total. The molecule has 1 rings (SSSR count). The fourth-order valence-electron chi connectivity index (χ4n) is 1.38. The zero-order chi connectivity index (χ0) is 15.0. The first-order valence-electron chi connectivity index (χ1n) is 6.27. The minimum Gasteiger partial charge on any atom is -0.463 e. The van der Waals surface area contributed by atoms with Crippen molar-refractivity contribution in [2.24, 2.45) is 0 Å². The SMILES string of the molecule is C=C(C)C(=O)OCCOCCC(=O)OC1CCOC1=O. The average molecular weight is 286 g/mol. The highest BCUT2D eigenvalue weighted by Gasteiger charge is 2.29. The van der Waals surface area contributed by atoms with Gasteiger partial charge in [0.05, 0.1) is 26.2 Å². The molecule has 7 heteroatoms. The molecule has 0 amide bonds. The van der Waals surface area contributed by atoms with Crippen molar-refractivity contribution in [2.75, 3.05) is 26.4 Å². The van der Waals surface area contributed by atoms with Gasteiger partial charge in [-0.2, -0.15) is 0 Å². The summed E-state index contributed by atoms with van der Waals surface area (Å²) in [5, 5.41) is 0. The molecular weight excluding hydrogens is 268 g/mol. The number of rotatable bonds is 8. The molecular formula is C13H18O7. The molecule has 1 aliphatic rings. The van der Waals surface area contributed by atoms with Crippen molar-refractivity contribution < 1.29 is 33.3 Å². The molecule has 0 bridgehead atoms. The predicted molar refractivity (Wildman–Crippen MR) is 66.7 cm³/mol. The second-order valence-electron chi connectivity index (χ2n) is 4.21. The van der Waals surface area contributed by atoms with E-state index in [-0.39, 0.29) is 32.8 Å². The summed E-state index contributed by atoms with van der Waals surface area (Å²) in [6.45, 7) is 5.66. The van der Waals surface area contributed by atoms with Gasteiger partial charge in [-0.3, -0.25) is 4.79 Å². The van der Waals surface area contributed by atoms with E-state index < -0.39 is 24.0 Å². The van der Waals surface area contributed by atoms with E-state index in [9.17, 15) is 14.4 Å².